The monoisotopic (exact) mass is 208 g/mol. The smallest absolute Gasteiger partial charge is 0.0991 e. The van der Waals surface area contributed by atoms with Crippen LogP contribution in [0.15, 0.2) is 24.3 Å². The van der Waals surface area contributed by atoms with Crippen LogP contribution in [0.25, 0.3) is 0 Å². The number of halogens is 4. The molecule has 0 N–H and O–H groups in total. The zero-order valence-electron chi connectivity index (χ0n) is 6.84. The average molecular weight is 208 g/mol. The van der Waals surface area contributed by atoms with Gasteiger partial charge in [-0.25, -0.2) is 0 Å². The van der Waals surface area contributed by atoms with Crippen molar-refractivity contribution in [2.75, 3.05) is 0 Å². The summed E-state index contributed by atoms with van der Waals surface area (Å²) in [4.78, 5) is 0. The summed E-state index contributed by atoms with van der Waals surface area (Å²) in [6, 6.07) is 10.4. The lowest BCUT2D eigenvalue weighted by molar-refractivity contribution is 1.11. The Bertz CT molecular complexity index is 277. The van der Waals surface area contributed by atoms with E-state index in [9.17, 15) is 0 Å². The van der Waals surface area contributed by atoms with Crippen molar-refractivity contribution in [1.82, 2.24) is 0 Å². The van der Waals surface area contributed by atoms with Crippen molar-refractivity contribution >= 4 is 0 Å². The summed E-state index contributed by atoms with van der Waals surface area (Å²) < 4.78 is 0. The number of hydrogen-bond donors (Lipinski definition) is 0. The van der Waals surface area contributed by atoms with Gasteiger partial charge in [0.15, 0.2) is 0 Å². The minimum atomic E-state index is 0. The number of nitrogens with zero attached hydrogens (tertiary/aromatic N) is 2. The first kappa shape index (κ1) is 22.7. The Morgan fingerprint density at radius 2 is 0.857 bits per heavy atom. The second-order valence-corrected chi connectivity index (χ2v) is 1.80. The molecule has 6 heteroatoms. The summed E-state index contributed by atoms with van der Waals surface area (Å²) in [5.41, 5.74) is 1.16. The van der Waals surface area contributed by atoms with E-state index in [1.54, 1.807) is 24.3 Å². The molecule has 1 rings (SSSR count). The third kappa shape index (κ3) is 5.56. The summed E-state index contributed by atoms with van der Waals surface area (Å²) in [5, 5.41) is 16.7. The molecule has 2 nitrogen and oxygen atoms in total. The molecule has 14 heavy (non-hydrogen) atoms. The normalized spacial score (nSPS) is 5.57. The van der Waals surface area contributed by atoms with E-state index in [1.807, 2.05) is 12.1 Å². The number of benzene rings is 1. The summed E-state index contributed by atoms with van der Waals surface area (Å²) in [5.74, 6) is 0. The van der Waals surface area contributed by atoms with Crippen molar-refractivity contribution in [2.24, 2.45) is 0 Å². The predicted octanol–water partition coefficient (Wildman–Crippen LogP) is 2.04. The van der Waals surface area contributed by atoms with Crippen LogP contribution in [0.2, 0.25) is 0 Å². The quantitative estimate of drug-likeness (QED) is 0.612. The van der Waals surface area contributed by atoms with Crippen molar-refractivity contribution in [3.63, 3.8) is 0 Å². The fourth-order valence-corrected chi connectivity index (χ4v) is 0.619. The second kappa shape index (κ2) is 10.9. The Morgan fingerprint density at radius 3 is 1.00 bits per heavy atom. The molecule has 0 saturated carbocycles. The molecule has 0 aliphatic rings. The van der Waals surface area contributed by atoms with E-state index in [2.05, 4.69) is 0 Å². The van der Waals surface area contributed by atoms with E-state index in [4.69, 9.17) is 10.5 Å². The molecule has 0 radical (unpaired) electrons. The molecule has 0 atom stereocenters. The molecular weight excluding hydrogens is 200 g/mol. The van der Waals surface area contributed by atoms with Gasteiger partial charge in [-0.05, 0) is 24.3 Å². The van der Waals surface area contributed by atoms with Crippen LogP contribution in [0, 0.1) is 22.7 Å². The van der Waals surface area contributed by atoms with Gasteiger partial charge in [-0.1, -0.05) is 0 Å². The first-order valence-corrected chi connectivity index (χ1v) is 2.77. The highest BCUT2D eigenvalue weighted by Crippen LogP contribution is 2.00. The van der Waals surface area contributed by atoms with E-state index >= 15 is 0 Å². The SMILES string of the molecule is F.F.F.F.N#Cc1ccc(C#N)cc1. The standard InChI is InChI=1S/C8H4N2.4FH/c9-5-7-1-2-8(6-10)4-3-7;;;;/h1-4H;4*1H. The second-order valence-electron chi connectivity index (χ2n) is 1.80. The fourth-order valence-electron chi connectivity index (χ4n) is 0.619. The van der Waals surface area contributed by atoms with Gasteiger partial charge in [0.1, 0.15) is 0 Å². The number of rotatable bonds is 0. The molecule has 78 valence electrons. The molecule has 1 aromatic carbocycles. The Kier molecular flexibility index (Phi) is 17.7. The van der Waals surface area contributed by atoms with Gasteiger partial charge in [0.05, 0.1) is 23.3 Å². The molecule has 0 fully saturated rings. The van der Waals surface area contributed by atoms with Crippen LogP contribution in [0.1, 0.15) is 11.1 Å². The van der Waals surface area contributed by atoms with Gasteiger partial charge in [0.2, 0.25) is 0 Å². The lowest BCUT2D eigenvalue weighted by Crippen LogP contribution is -1.74. The van der Waals surface area contributed by atoms with E-state index in [0.29, 0.717) is 11.1 Å². The molecule has 0 spiro atoms. The third-order valence-corrected chi connectivity index (χ3v) is 1.14. The van der Waals surface area contributed by atoms with Crippen LogP contribution >= 0.6 is 0 Å². The van der Waals surface area contributed by atoms with Crippen LogP contribution in [-0.4, -0.2) is 0 Å². The van der Waals surface area contributed by atoms with E-state index in [0.717, 1.165) is 0 Å². The molecule has 0 bridgehead atoms. The van der Waals surface area contributed by atoms with Crippen molar-refractivity contribution in [3.05, 3.63) is 35.4 Å². The summed E-state index contributed by atoms with van der Waals surface area (Å²) in [6.07, 6.45) is 0. The van der Waals surface area contributed by atoms with Crippen molar-refractivity contribution in [3.8, 4) is 12.1 Å². The molecule has 1 aromatic rings. The Balaban J connectivity index is -0.000000125. The van der Waals surface area contributed by atoms with Crippen molar-refractivity contribution in [1.29, 1.82) is 10.5 Å². The molecule has 0 unspecified atom stereocenters. The van der Waals surface area contributed by atoms with Gasteiger partial charge in [-0.2, -0.15) is 10.5 Å². The van der Waals surface area contributed by atoms with E-state index in [-0.39, 0.29) is 18.8 Å². The van der Waals surface area contributed by atoms with Crippen LogP contribution < -0.4 is 0 Å². The minimum absolute atomic E-state index is 0. The van der Waals surface area contributed by atoms with Gasteiger partial charge in [0, 0.05) is 0 Å². The Hall–Kier alpha value is -2.08. The highest BCUT2D eigenvalue weighted by molar-refractivity contribution is 5.36. The maximum atomic E-state index is 8.37. The van der Waals surface area contributed by atoms with Gasteiger partial charge in [-0.3, -0.25) is 18.8 Å². The van der Waals surface area contributed by atoms with Crippen LogP contribution in [0.4, 0.5) is 18.8 Å². The van der Waals surface area contributed by atoms with Gasteiger partial charge < -0.3 is 0 Å². The molecule has 0 aliphatic carbocycles. The number of nitriles is 2. The molecule has 0 saturated heterocycles. The summed E-state index contributed by atoms with van der Waals surface area (Å²) in [7, 11) is 0. The lowest BCUT2D eigenvalue weighted by Gasteiger charge is -1.85. The zero-order valence-corrected chi connectivity index (χ0v) is 6.84. The van der Waals surface area contributed by atoms with Crippen molar-refractivity contribution in [2.45, 2.75) is 0 Å². The van der Waals surface area contributed by atoms with Crippen molar-refractivity contribution < 1.29 is 18.8 Å². The van der Waals surface area contributed by atoms with E-state index in [1.165, 1.54) is 0 Å². The van der Waals surface area contributed by atoms with Gasteiger partial charge >= 0.3 is 0 Å². The zero-order chi connectivity index (χ0) is 7.40. The average Bonchev–Trinajstić information content (AvgIpc) is 2.05. The molecule has 0 heterocycles. The maximum Gasteiger partial charge on any atom is 0.0991 e. The number of hydrogen-bond acceptors (Lipinski definition) is 2. The van der Waals surface area contributed by atoms with Crippen LogP contribution in [0.3, 0.4) is 0 Å². The van der Waals surface area contributed by atoms with Crippen LogP contribution in [0.5, 0.6) is 0 Å². The lowest BCUT2D eigenvalue weighted by atomic mass is 10.2. The molecular formula is C8H8F4N2. The molecule has 0 aliphatic heterocycles. The summed E-state index contributed by atoms with van der Waals surface area (Å²) >= 11 is 0. The fraction of sp³-hybridized carbons (Fsp3) is 0. The minimum Gasteiger partial charge on any atom is -0.269 e. The summed E-state index contributed by atoms with van der Waals surface area (Å²) in [6.45, 7) is 0. The maximum absolute atomic E-state index is 8.37. The topological polar surface area (TPSA) is 47.6 Å². The van der Waals surface area contributed by atoms with Crippen LogP contribution in [-0.2, 0) is 0 Å². The predicted molar refractivity (Wildman–Crippen MR) is 45.9 cm³/mol. The molecule has 0 amide bonds. The first-order chi connectivity index (χ1) is 4.86. The van der Waals surface area contributed by atoms with Gasteiger partial charge in [-0.15, -0.1) is 0 Å². The third-order valence-electron chi connectivity index (χ3n) is 1.14. The largest absolute Gasteiger partial charge is 0.269 e. The first-order valence-electron chi connectivity index (χ1n) is 2.77. The highest BCUT2D eigenvalue weighted by Gasteiger charge is 1.88. The Labute approximate surface area is 77.9 Å². The Morgan fingerprint density at radius 1 is 0.643 bits per heavy atom. The highest BCUT2D eigenvalue weighted by atomic mass is 19.0. The molecule has 0 aromatic heterocycles. The van der Waals surface area contributed by atoms with Gasteiger partial charge in [0.25, 0.3) is 0 Å². The van der Waals surface area contributed by atoms with E-state index < -0.39 is 0 Å².